The smallest absolute Gasteiger partial charge is 0.299 e. The van der Waals surface area contributed by atoms with Gasteiger partial charge in [-0.15, -0.1) is 11.3 Å². The van der Waals surface area contributed by atoms with Crippen molar-refractivity contribution in [1.29, 1.82) is 0 Å². The predicted molar refractivity (Wildman–Crippen MR) is 67.0 cm³/mol. The molecule has 2 N–H and O–H groups in total. The second kappa shape index (κ2) is 6.31. The molecule has 0 saturated carbocycles. The number of nitro groups is 1. The van der Waals surface area contributed by atoms with Crippen molar-refractivity contribution < 1.29 is 14.5 Å². The van der Waals surface area contributed by atoms with Crippen LogP contribution in [-0.2, 0) is 4.79 Å². The van der Waals surface area contributed by atoms with Gasteiger partial charge in [0, 0.05) is 26.1 Å². The summed E-state index contributed by atoms with van der Waals surface area (Å²) in [5.74, 6) is -0.653. The summed E-state index contributed by atoms with van der Waals surface area (Å²) in [6.45, 7) is 1.90. The van der Waals surface area contributed by atoms with Crippen LogP contribution in [0.4, 0.5) is 5.69 Å². The van der Waals surface area contributed by atoms with E-state index in [1.165, 1.54) is 6.92 Å². The van der Waals surface area contributed by atoms with E-state index in [9.17, 15) is 19.7 Å². The third kappa shape index (κ3) is 3.97. The second-order valence-corrected chi connectivity index (χ2v) is 4.92. The van der Waals surface area contributed by atoms with Crippen molar-refractivity contribution in [2.24, 2.45) is 0 Å². The molecule has 1 heterocycles. The lowest BCUT2D eigenvalue weighted by molar-refractivity contribution is -0.384. The Balaban J connectivity index is 2.54. The van der Waals surface area contributed by atoms with Gasteiger partial charge in [-0.05, 0) is 0 Å². The van der Waals surface area contributed by atoms with E-state index in [0.29, 0.717) is 6.54 Å². The molecule has 1 aromatic rings. The predicted octanol–water partition coefficient (Wildman–Crippen LogP) is 1.18. The first kappa shape index (κ1) is 14.4. The second-order valence-electron chi connectivity index (χ2n) is 3.27. The number of carbonyl (C=O) groups is 2. The summed E-state index contributed by atoms with van der Waals surface area (Å²) < 4.78 is -0.0352. The fraction of sp³-hybridized carbons (Fsp3) is 0.333. The molecule has 0 aliphatic rings. The largest absolute Gasteiger partial charge is 0.355 e. The number of rotatable bonds is 5. The van der Waals surface area contributed by atoms with Crippen LogP contribution in [-0.4, -0.2) is 29.8 Å². The minimum absolute atomic E-state index is 0.0352. The molecule has 0 radical (unpaired) electrons. The summed E-state index contributed by atoms with van der Waals surface area (Å²) in [6.07, 6.45) is 0. The van der Waals surface area contributed by atoms with Gasteiger partial charge in [-0.25, -0.2) is 0 Å². The minimum Gasteiger partial charge on any atom is -0.355 e. The van der Waals surface area contributed by atoms with Gasteiger partial charge in [-0.2, -0.15) is 0 Å². The van der Waals surface area contributed by atoms with Crippen molar-refractivity contribution in [2.75, 3.05) is 13.1 Å². The van der Waals surface area contributed by atoms with Crippen LogP contribution in [0.15, 0.2) is 6.07 Å². The summed E-state index contributed by atoms with van der Waals surface area (Å²) in [5, 5.41) is 15.6. The van der Waals surface area contributed by atoms with E-state index in [0.717, 1.165) is 17.4 Å². The van der Waals surface area contributed by atoms with Crippen LogP contribution < -0.4 is 10.6 Å². The van der Waals surface area contributed by atoms with Crippen LogP contribution in [0.25, 0.3) is 0 Å². The molecule has 98 valence electrons. The Morgan fingerprint density at radius 2 is 2.06 bits per heavy atom. The zero-order valence-electron chi connectivity index (χ0n) is 9.36. The number of halogens is 1. The number of amides is 2. The van der Waals surface area contributed by atoms with Crippen LogP contribution in [0.2, 0.25) is 4.34 Å². The van der Waals surface area contributed by atoms with E-state index in [-0.39, 0.29) is 27.4 Å². The Hall–Kier alpha value is -1.67. The van der Waals surface area contributed by atoms with Crippen molar-refractivity contribution in [2.45, 2.75) is 6.92 Å². The Bertz CT molecular complexity index is 488. The van der Waals surface area contributed by atoms with Gasteiger partial charge in [-0.3, -0.25) is 19.7 Å². The van der Waals surface area contributed by atoms with Gasteiger partial charge >= 0.3 is 0 Å². The fourth-order valence-corrected chi connectivity index (χ4v) is 2.24. The lowest BCUT2D eigenvalue weighted by Crippen LogP contribution is -2.33. The van der Waals surface area contributed by atoms with Crippen molar-refractivity contribution in [3.8, 4) is 0 Å². The number of hydrogen-bond acceptors (Lipinski definition) is 5. The quantitative estimate of drug-likeness (QED) is 0.483. The Kier molecular flexibility index (Phi) is 5.05. The maximum Gasteiger partial charge on any atom is 0.299 e. The standard InChI is InChI=1S/C9H10ClN3O4S/c1-5(14)11-2-3-12-9(15)7-4-6(13(16)17)8(10)18-7/h4H,2-3H2,1H3,(H,11,14)(H,12,15). The van der Waals surface area contributed by atoms with Gasteiger partial charge in [0.1, 0.15) is 4.88 Å². The molecule has 1 rings (SSSR count). The Labute approximate surface area is 111 Å². The molecule has 18 heavy (non-hydrogen) atoms. The number of nitrogens with one attached hydrogen (secondary N) is 2. The highest BCUT2D eigenvalue weighted by Crippen LogP contribution is 2.33. The number of hydrogen-bond donors (Lipinski definition) is 2. The summed E-state index contributed by atoms with van der Waals surface area (Å²) in [5.41, 5.74) is -0.284. The van der Waals surface area contributed by atoms with Crippen LogP contribution in [0.5, 0.6) is 0 Å². The maximum absolute atomic E-state index is 11.6. The normalized spacial score (nSPS) is 9.89. The van der Waals surface area contributed by atoms with Crippen LogP contribution in [0, 0.1) is 10.1 Å². The molecular weight excluding hydrogens is 282 g/mol. The summed E-state index contributed by atoms with van der Waals surface area (Å²) in [6, 6.07) is 1.13. The molecule has 0 aliphatic heterocycles. The first-order valence-electron chi connectivity index (χ1n) is 4.88. The van der Waals surface area contributed by atoms with E-state index >= 15 is 0 Å². The number of nitrogens with zero attached hydrogens (tertiary/aromatic N) is 1. The average Bonchev–Trinajstić information content (AvgIpc) is 2.66. The Morgan fingerprint density at radius 1 is 1.44 bits per heavy atom. The summed E-state index contributed by atoms with van der Waals surface area (Å²) in [7, 11) is 0. The van der Waals surface area contributed by atoms with Crippen molar-refractivity contribution in [3.05, 3.63) is 25.4 Å². The van der Waals surface area contributed by atoms with Gasteiger partial charge in [0.05, 0.1) is 4.92 Å². The van der Waals surface area contributed by atoms with Gasteiger partial charge in [0.25, 0.3) is 11.6 Å². The van der Waals surface area contributed by atoms with Gasteiger partial charge in [0.2, 0.25) is 5.91 Å². The topological polar surface area (TPSA) is 101 Å². The highest BCUT2D eigenvalue weighted by Gasteiger charge is 2.20. The molecule has 7 nitrogen and oxygen atoms in total. The third-order valence-corrected chi connectivity index (χ3v) is 3.21. The molecule has 0 spiro atoms. The summed E-state index contributed by atoms with van der Waals surface area (Å²) in [4.78, 5) is 32.2. The van der Waals surface area contributed by atoms with Crippen molar-refractivity contribution in [3.63, 3.8) is 0 Å². The van der Waals surface area contributed by atoms with Crippen molar-refractivity contribution in [1.82, 2.24) is 10.6 Å². The van der Waals surface area contributed by atoms with E-state index < -0.39 is 10.8 Å². The SMILES string of the molecule is CC(=O)NCCNC(=O)c1cc([N+](=O)[O-])c(Cl)s1. The molecule has 9 heteroatoms. The minimum atomic E-state index is -0.646. The Morgan fingerprint density at radius 3 is 2.56 bits per heavy atom. The maximum atomic E-state index is 11.6. The molecule has 0 fully saturated rings. The monoisotopic (exact) mass is 291 g/mol. The molecule has 0 bridgehead atoms. The van der Waals surface area contributed by atoms with E-state index in [4.69, 9.17) is 11.6 Å². The van der Waals surface area contributed by atoms with Crippen LogP contribution >= 0.6 is 22.9 Å². The highest BCUT2D eigenvalue weighted by molar-refractivity contribution is 7.18. The number of thiophene rings is 1. The zero-order valence-corrected chi connectivity index (χ0v) is 10.9. The zero-order chi connectivity index (χ0) is 13.7. The molecular formula is C9H10ClN3O4S. The van der Waals surface area contributed by atoms with Crippen LogP contribution in [0.1, 0.15) is 16.6 Å². The lowest BCUT2D eigenvalue weighted by atomic mass is 10.4. The molecule has 0 aliphatic carbocycles. The average molecular weight is 292 g/mol. The van der Waals surface area contributed by atoms with Crippen molar-refractivity contribution >= 4 is 40.4 Å². The lowest BCUT2D eigenvalue weighted by Gasteiger charge is -2.03. The molecule has 0 saturated heterocycles. The first-order valence-corrected chi connectivity index (χ1v) is 6.07. The fourth-order valence-electron chi connectivity index (χ4n) is 1.10. The van der Waals surface area contributed by atoms with E-state index in [2.05, 4.69) is 10.6 Å². The van der Waals surface area contributed by atoms with Crippen LogP contribution in [0.3, 0.4) is 0 Å². The van der Waals surface area contributed by atoms with Gasteiger partial charge in [-0.1, -0.05) is 11.6 Å². The third-order valence-electron chi connectivity index (χ3n) is 1.87. The molecule has 0 aromatic carbocycles. The van der Waals surface area contributed by atoms with E-state index in [1.807, 2.05) is 0 Å². The first-order chi connectivity index (χ1) is 8.41. The molecule has 2 amide bonds. The van der Waals surface area contributed by atoms with Gasteiger partial charge < -0.3 is 10.6 Å². The highest BCUT2D eigenvalue weighted by atomic mass is 35.5. The molecule has 0 unspecified atom stereocenters. The van der Waals surface area contributed by atoms with E-state index in [1.54, 1.807) is 0 Å². The molecule has 0 atom stereocenters. The molecule has 1 aromatic heterocycles. The summed E-state index contributed by atoms with van der Waals surface area (Å²) >= 11 is 6.47. The number of carbonyl (C=O) groups excluding carboxylic acids is 2. The van der Waals surface area contributed by atoms with Gasteiger partial charge in [0.15, 0.2) is 4.34 Å².